The lowest BCUT2D eigenvalue weighted by Gasteiger charge is -2.13. The fraction of sp³-hybridized carbons (Fsp3) is 0.100. The molecule has 4 aromatic rings. The second-order valence-electron chi connectivity index (χ2n) is 6.31. The Balaban J connectivity index is 1.85. The van der Waals surface area contributed by atoms with Crippen molar-refractivity contribution in [1.82, 2.24) is 19.9 Å². The number of hydrogen-bond donors (Lipinski definition) is 4. The molecule has 0 bridgehead atoms. The number of nitrogen functional groups attached to an aromatic ring is 1. The number of rotatable bonds is 5. The molecule has 2 heterocycles. The fourth-order valence-electron chi connectivity index (χ4n) is 3.09. The van der Waals surface area contributed by atoms with E-state index in [1.165, 1.54) is 12.4 Å². The summed E-state index contributed by atoms with van der Waals surface area (Å²) in [6.07, 6.45) is 1.41. The van der Waals surface area contributed by atoms with Gasteiger partial charge in [0.05, 0.1) is 24.1 Å². The quantitative estimate of drug-likeness (QED) is 0.382. The molecule has 5 N–H and O–H groups in total. The van der Waals surface area contributed by atoms with Gasteiger partial charge < -0.3 is 25.5 Å². The third-order valence-electron chi connectivity index (χ3n) is 4.36. The molecule has 0 amide bonds. The second-order valence-corrected chi connectivity index (χ2v) is 6.31. The topological polar surface area (TPSA) is 147 Å². The van der Waals surface area contributed by atoms with Gasteiger partial charge in [-0.3, -0.25) is 4.79 Å². The van der Waals surface area contributed by atoms with E-state index in [-0.39, 0.29) is 16.6 Å². The van der Waals surface area contributed by atoms with E-state index in [0.717, 1.165) is 5.56 Å². The van der Waals surface area contributed by atoms with E-state index in [4.69, 9.17) is 10.5 Å². The Hall–Kier alpha value is -4.14. The molecule has 0 unspecified atom stereocenters. The summed E-state index contributed by atoms with van der Waals surface area (Å²) in [6.45, 7) is 2.23. The van der Waals surface area contributed by atoms with Crippen molar-refractivity contribution < 1.29 is 14.6 Å². The summed E-state index contributed by atoms with van der Waals surface area (Å²) < 4.78 is 5.76. The molecule has 0 aliphatic heterocycles. The summed E-state index contributed by atoms with van der Waals surface area (Å²) in [5.41, 5.74) is 8.48. The normalized spacial score (nSPS) is 10.9. The maximum atomic E-state index is 12.2. The number of carboxylic acids is 1. The number of aromatic nitrogens is 4. The van der Waals surface area contributed by atoms with Gasteiger partial charge in [0.2, 0.25) is 0 Å². The average molecular weight is 391 g/mol. The molecule has 146 valence electrons. The molecular weight excluding hydrogens is 374 g/mol. The summed E-state index contributed by atoms with van der Waals surface area (Å²) in [5, 5.41) is 9.28. The molecule has 0 fully saturated rings. The van der Waals surface area contributed by atoms with Crippen molar-refractivity contribution in [2.24, 2.45) is 0 Å². The standard InChI is InChI=1S/C20H17N5O4/c1-2-29-15-8-10(11-5-12(20(27)28)7-13(21)6-11)3-4-14(15)17-24-18-16(19(26)25-17)22-9-23-18/h3-9H,2,21H2,1H3,(H,27,28)(H2,22,23,24,25,26). The highest BCUT2D eigenvalue weighted by Gasteiger charge is 2.15. The highest BCUT2D eigenvalue weighted by Crippen LogP contribution is 2.34. The molecular formula is C20H17N5O4. The van der Waals surface area contributed by atoms with Crippen molar-refractivity contribution in [2.45, 2.75) is 6.92 Å². The second kappa shape index (κ2) is 7.12. The number of H-pyrrole nitrogens is 2. The molecule has 0 saturated carbocycles. The highest BCUT2D eigenvalue weighted by molar-refractivity contribution is 5.91. The number of aromatic amines is 2. The van der Waals surface area contributed by atoms with Crippen molar-refractivity contribution in [1.29, 1.82) is 0 Å². The van der Waals surface area contributed by atoms with Crippen LogP contribution in [0.1, 0.15) is 17.3 Å². The van der Waals surface area contributed by atoms with Crippen molar-refractivity contribution in [3.63, 3.8) is 0 Å². The van der Waals surface area contributed by atoms with Gasteiger partial charge in [0.15, 0.2) is 11.2 Å². The fourth-order valence-corrected chi connectivity index (χ4v) is 3.09. The van der Waals surface area contributed by atoms with Crippen molar-refractivity contribution in [2.75, 3.05) is 12.3 Å². The third kappa shape index (κ3) is 3.41. The molecule has 29 heavy (non-hydrogen) atoms. The number of anilines is 1. The van der Waals surface area contributed by atoms with Gasteiger partial charge >= 0.3 is 5.97 Å². The Kier molecular flexibility index (Phi) is 4.47. The summed E-state index contributed by atoms with van der Waals surface area (Å²) in [7, 11) is 0. The van der Waals surface area contributed by atoms with Crippen LogP contribution in [-0.2, 0) is 0 Å². The summed E-state index contributed by atoms with van der Waals surface area (Å²) in [6, 6.07) is 9.93. The van der Waals surface area contributed by atoms with Gasteiger partial charge in [-0.15, -0.1) is 0 Å². The van der Waals surface area contributed by atoms with Gasteiger partial charge in [-0.2, -0.15) is 0 Å². The first-order valence-electron chi connectivity index (χ1n) is 8.81. The molecule has 0 radical (unpaired) electrons. The lowest BCUT2D eigenvalue weighted by molar-refractivity contribution is 0.0697. The van der Waals surface area contributed by atoms with Crippen LogP contribution in [0.3, 0.4) is 0 Å². The van der Waals surface area contributed by atoms with Crippen molar-refractivity contribution in [3.8, 4) is 28.3 Å². The molecule has 0 spiro atoms. The molecule has 9 nitrogen and oxygen atoms in total. The SMILES string of the molecule is CCOc1cc(-c2cc(N)cc(C(=O)O)c2)ccc1-c1nc2[nH]cnc2c(=O)[nH]1. The van der Waals surface area contributed by atoms with Gasteiger partial charge in [-0.1, -0.05) is 6.07 Å². The number of ether oxygens (including phenoxy) is 1. The van der Waals surface area contributed by atoms with Crippen molar-refractivity contribution in [3.05, 3.63) is 58.6 Å². The van der Waals surface area contributed by atoms with Crippen LogP contribution in [0.4, 0.5) is 5.69 Å². The predicted octanol–water partition coefficient (Wildman–Crippen LogP) is 2.66. The number of nitrogens with one attached hydrogen (secondary N) is 2. The van der Waals surface area contributed by atoms with Crippen LogP contribution in [-0.4, -0.2) is 37.6 Å². The van der Waals surface area contributed by atoms with E-state index >= 15 is 0 Å². The number of aromatic carboxylic acids is 1. The number of fused-ring (bicyclic) bond motifs is 1. The van der Waals surface area contributed by atoms with Crippen LogP contribution in [0.5, 0.6) is 5.75 Å². The summed E-state index contributed by atoms with van der Waals surface area (Å²) >= 11 is 0. The van der Waals surface area contributed by atoms with E-state index in [0.29, 0.717) is 40.6 Å². The average Bonchev–Trinajstić information content (AvgIpc) is 3.17. The molecule has 0 atom stereocenters. The zero-order chi connectivity index (χ0) is 20.5. The highest BCUT2D eigenvalue weighted by atomic mass is 16.5. The van der Waals surface area contributed by atoms with Crippen LogP contribution >= 0.6 is 0 Å². The Labute approximate surface area is 164 Å². The number of benzene rings is 2. The van der Waals surface area contributed by atoms with Crippen LogP contribution < -0.4 is 16.0 Å². The molecule has 0 aliphatic carbocycles. The number of nitrogens with zero attached hydrogens (tertiary/aromatic N) is 2. The minimum absolute atomic E-state index is 0.0951. The monoisotopic (exact) mass is 391 g/mol. The number of carbonyl (C=O) groups is 1. The minimum Gasteiger partial charge on any atom is -0.493 e. The molecule has 9 heteroatoms. The Morgan fingerprint density at radius 1 is 1.21 bits per heavy atom. The van der Waals surface area contributed by atoms with Gasteiger partial charge in [0.25, 0.3) is 5.56 Å². The van der Waals surface area contributed by atoms with Gasteiger partial charge in [-0.05, 0) is 48.4 Å². The van der Waals surface area contributed by atoms with Crippen LogP contribution in [0.2, 0.25) is 0 Å². The summed E-state index contributed by atoms with van der Waals surface area (Å²) in [4.78, 5) is 37.5. The number of nitrogens with two attached hydrogens (primary N) is 1. The van der Waals surface area contributed by atoms with Crippen LogP contribution in [0.25, 0.3) is 33.7 Å². The lowest BCUT2D eigenvalue weighted by Crippen LogP contribution is -2.10. The zero-order valence-electron chi connectivity index (χ0n) is 15.4. The number of imidazole rings is 1. The largest absolute Gasteiger partial charge is 0.493 e. The lowest BCUT2D eigenvalue weighted by atomic mass is 10.00. The Morgan fingerprint density at radius 3 is 2.79 bits per heavy atom. The summed E-state index contributed by atoms with van der Waals surface area (Å²) in [5.74, 6) is -0.235. The Bertz CT molecular complexity index is 1290. The zero-order valence-corrected chi connectivity index (χ0v) is 15.4. The molecule has 0 aliphatic rings. The van der Waals surface area contributed by atoms with E-state index in [9.17, 15) is 14.7 Å². The van der Waals surface area contributed by atoms with E-state index in [1.807, 2.05) is 6.92 Å². The van der Waals surface area contributed by atoms with E-state index < -0.39 is 5.97 Å². The van der Waals surface area contributed by atoms with Gasteiger partial charge in [0, 0.05) is 5.69 Å². The van der Waals surface area contributed by atoms with Gasteiger partial charge in [0.1, 0.15) is 11.6 Å². The van der Waals surface area contributed by atoms with E-state index in [1.54, 1.807) is 30.3 Å². The number of hydrogen-bond acceptors (Lipinski definition) is 6. The van der Waals surface area contributed by atoms with Crippen LogP contribution in [0, 0.1) is 0 Å². The molecule has 0 saturated heterocycles. The first-order chi connectivity index (χ1) is 14.0. The number of carboxylic acid groups (broad SMARTS) is 1. The first-order valence-corrected chi connectivity index (χ1v) is 8.81. The maximum absolute atomic E-state index is 12.2. The van der Waals surface area contributed by atoms with E-state index in [2.05, 4.69) is 19.9 Å². The van der Waals surface area contributed by atoms with Crippen molar-refractivity contribution >= 4 is 22.8 Å². The smallest absolute Gasteiger partial charge is 0.335 e. The molecule has 4 rings (SSSR count). The minimum atomic E-state index is -1.06. The maximum Gasteiger partial charge on any atom is 0.335 e. The molecule has 2 aromatic carbocycles. The predicted molar refractivity (Wildman–Crippen MR) is 108 cm³/mol. The third-order valence-corrected chi connectivity index (χ3v) is 4.36. The Morgan fingerprint density at radius 2 is 2.03 bits per heavy atom. The molecule has 2 aromatic heterocycles. The van der Waals surface area contributed by atoms with Gasteiger partial charge in [-0.25, -0.2) is 14.8 Å². The van der Waals surface area contributed by atoms with Crippen LogP contribution in [0.15, 0.2) is 47.5 Å². The first kappa shape index (κ1) is 18.2.